The van der Waals surface area contributed by atoms with Crippen LogP contribution in [0.4, 0.5) is 5.82 Å². The maximum Gasteiger partial charge on any atom is 0.129 e. The van der Waals surface area contributed by atoms with Gasteiger partial charge in [0.2, 0.25) is 0 Å². The van der Waals surface area contributed by atoms with E-state index in [0.717, 1.165) is 24.5 Å². The van der Waals surface area contributed by atoms with Gasteiger partial charge in [-0.3, -0.25) is 0 Å². The van der Waals surface area contributed by atoms with Crippen molar-refractivity contribution in [1.82, 2.24) is 4.98 Å². The second kappa shape index (κ2) is 6.34. The highest BCUT2D eigenvalue weighted by Gasteiger charge is 2.08. The Morgan fingerprint density at radius 2 is 1.95 bits per heavy atom. The monoisotopic (exact) mass is 255 g/mol. The molecule has 3 heteroatoms. The fourth-order valence-electron chi connectivity index (χ4n) is 2.05. The van der Waals surface area contributed by atoms with Crippen LogP contribution in [0.25, 0.3) is 0 Å². The summed E-state index contributed by atoms with van der Waals surface area (Å²) in [5.74, 6) is 0.987. The molecule has 2 N–H and O–H groups in total. The normalized spacial score (nSPS) is 12.2. The zero-order valence-electron chi connectivity index (χ0n) is 11.6. The van der Waals surface area contributed by atoms with Gasteiger partial charge in [0, 0.05) is 25.3 Å². The molecular formula is C16H21N3. The first kappa shape index (κ1) is 13.6. The fraction of sp³-hybridized carbons (Fsp3) is 0.312. The van der Waals surface area contributed by atoms with Crippen LogP contribution in [0.1, 0.15) is 31.0 Å². The number of pyridine rings is 1. The second-order valence-corrected chi connectivity index (χ2v) is 4.74. The summed E-state index contributed by atoms with van der Waals surface area (Å²) in [4.78, 5) is 6.71. The summed E-state index contributed by atoms with van der Waals surface area (Å²) >= 11 is 0. The average molecular weight is 255 g/mol. The molecule has 0 amide bonds. The van der Waals surface area contributed by atoms with Gasteiger partial charge < -0.3 is 10.6 Å². The van der Waals surface area contributed by atoms with Gasteiger partial charge in [0.25, 0.3) is 0 Å². The van der Waals surface area contributed by atoms with Crippen molar-refractivity contribution in [2.75, 3.05) is 11.4 Å². The third kappa shape index (κ3) is 3.55. The van der Waals surface area contributed by atoms with Crippen LogP contribution in [0.15, 0.2) is 48.7 Å². The van der Waals surface area contributed by atoms with Crippen molar-refractivity contribution in [2.45, 2.75) is 26.4 Å². The largest absolute Gasteiger partial charge is 0.353 e. The lowest BCUT2D eigenvalue weighted by molar-refractivity contribution is 0.790. The minimum absolute atomic E-state index is 0.0391. The Morgan fingerprint density at radius 3 is 2.58 bits per heavy atom. The van der Waals surface area contributed by atoms with Gasteiger partial charge in [-0.2, -0.15) is 0 Å². The van der Waals surface area contributed by atoms with Gasteiger partial charge in [-0.25, -0.2) is 4.98 Å². The van der Waals surface area contributed by atoms with E-state index in [1.54, 1.807) is 0 Å². The number of nitrogens with two attached hydrogens (primary N) is 1. The highest BCUT2D eigenvalue weighted by atomic mass is 15.2. The molecule has 1 atom stereocenters. The van der Waals surface area contributed by atoms with Gasteiger partial charge in [0.05, 0.1) is 0 Å². The lowest BCUT2D eigenvalue weighted by Gasteiger charge is -2.23. The van der Waals surface area contributed by atoms with Crippen molar-refractivity contribution < 1.29 is 0 Å². The summed E-state index contributed by atoms with van der Waals surface area (Å²) in [5.41, 5.74) is 8.34. The number of anilines is 1. The van der Waals surface area contributed by atoms with E-state index in [9.17, 15) is 0 Å². The van der Waals surface area contributed by atoms with Crippen LogP contribution in [0.5, 0.6) is 0 Å². The van der Waals surface area contributed by atoms with Crippen molar-refractivity contribution in [3.63, 3.8) is 0 Å². The van der Waals surface area contributed by atoms with Crippen LogP contribution >= 0.6 is 0 Å². The van der Waals surface area contributed by atoms with Crippen LogP contribution < -0.4 is 10.6 Å². The van der Waals surface area contributed by atoms with E-state index in [1.165, 1.54) is 5.56 Å². The number of rotatable bonds is 5. The van der Waals surface area contributed by atoms with Gasteiger partial charge in [0.1, 0.15) is 5.82 Å². The Balaban J connectivity index is 2.20. The molecule has 1 aromatic heterocycles. The minimum Gasteiger partial charge on any atom is -0.353 e. The number of hydrogen-bond acceptors (Lipinski definition) is 3. The summed E-state index contributed by atoms with van der Waals surface area (Å²) in [6.45, 7) is 5.92. The highest BCUT2D eigenvalue weighted by molar-refractivity contribution is 5.42. The number of aromatic nitrogens is 1. The average Bonchev–Trinajstić information content (AvgIpc) is 2.46. The maximum absolute atomic E-state index is 5.93. The molecule has 0 saturated heterocycles. The van der Waals surface area contributed by atoms with Crippen molar-refractivity contribution in [3.8, 4) is 0 Å². The topological polar surface area (TPSA) is 42.1 Å². The van der Waals surface area contributed by atoms with E-state index < -0.39 is 0 Å². The molecule has 2 aromatic rings. The molecule has 1 aromatic carbocycles. The third-order valence-electron chi connectivity index (χ3n) is 3.22. The molecule has 100 valence electrons. The predicted octanol–water partition coefficient (Wildman–Crippen LogP) is 3.13. The maximum atomic E-state index is 5.93. The Hall–Kier alpha value is -1.87. The SMILES string of the molecule is CCN(Cc1ccccc1)c1cc(C(C)N)ccn1. The van der Waals surface area contributed by atoms with Gasteiger partial charge in [-0.15, -0.1) is 0 Å². The number of benzene rings is 1. The van der Waals surface area contributed by atoms with E-state index in [2.05, 4.69) is 47.1 Å². The molecule has 2 rings (SSSR count). The van der Waals surface area contributed by atoms with Crippen LogP contribution in [0.2, 0.25) is 0 Å². The van der Waals surface area contributed by atoms with Crippen molar-refractivity contribution >= 4 is 5.82 Å². The van der Waals surface area contributed by atoms with E-state index in [1.807, 2.05) is 25.3 Å². The first-order valence-corrected chi connectivity index (χ1v) is 6.71. The first-order chi connectivity index (χ1) is 9.20. The minimum atomic E-state index is 0.0391. The summed E-state index contributed by atoms with van der Waals surface area (Å²) in [6.07, 6.45) is 1.84. The second-order valence-electron chi connectivity index (χ2n) is 4.74. The number of nitrogens with zero attached hydrogens (tertiary/aromatic N) is 2. The molecule has 0 aliphatic rings. The van der Waals surface area contributed by atoms with Crippen LogP contribution in [-0.4, -0.2) is 11.5 Å². The molecule has 0 aliphatic carbocycles. The van der Waals surface area contributed by atoms with Crippen LogP contribution in [-0.2, 0) is 6.54 Å². The van der Waals surface area contributed by atoms with E-state index in [4.69, 9.17) is 5.73 Å². The Morgan fingerprint density at radius 1 is 1.21 bits per heavy atom. The van der Waals surface area contributed by atoms with Crippen LogP contribution in [0.3, 0.4) is 0 Å². The van der Waals surface area contributed by atoms with Gasteiger partial charge >= 0.3 is 0 Å². The van der Waals surface area contributed by atoms with Crippen molar-refractivity contribution in [1.29, 1.82) is 0 Å². The Kier molecular flexibility index (Phi) is 4.53. The molecule has 0 saturated carbocycles. The molecule has 1 heterocycles. The van der Waals surface area contributed by atoms with Crippen molar-refractivity contribution in [2.24, 2.45) is 5.73 Å². The van der Waals surface area contributed by atoms with Gasteiger partial charge in [-0.05, 0) is 37.1 Å². The summed E-state index contributed by atoms with van der Waals surface area (Å²) < 4.78 is 0. The zero-order valence-corrected chi connectivity index (χ0v) is 11.6. The zero-order chi connectivity index (χ0) is 13.7. The quantitative estimate of drug-likeness (QED) is 0.892. The van der Waals surface area contributed by atoms with E-state index in [0.29, 0.717) is 0 Å². The summed E-state index contributed by atoms with van der Waals surface area (Å²) in [6, 6.07) is 14.5. The molecule has 0 radical (unpaired) electrons. The molecule has 0 fully saturated rings. The first-order valence-electron chi connectivity index (χ1n) is 6.71. The smallest absolute Gasteiger partial charge is 0.129 e. The van der Waals surface area contributed by atoms with Crippen LogP contribution in [0, 0.1) is 0 Å². The van der Waals surface area contributed by atoms with Gasteiger partial charge in [0.15, 0.2) is 0 Å². The van der Waals surface area contributed by atoms with Gasteiger partial charge in [-0.1, -0.05) is 30.3 Å². The number of hydrogen-bond donors (Lipinski definition) is 1. The molecule has 19 heavy (non-hydrogen) atoms. The van der Waals surface area contributed by atoms with E-state index >= 15 is 0 Å². The molecular weight excluding hydrogens is 234 g/mol. The molecule has 0 spiro atoms. The van der Waals surface area contributed by atoms with Crippen molar-refractivity contribution in [3.05, 3.63) is 59.8 Å². The lowest BCUT2D eigenvalue weighted by Crippen LogP contribution is -2.23. The molecule has 1 unspecified atom stereocenters. The Bertz CT molecular complexity index is 508. The molecule has 0 bridgehead atoms. The highest BCUT2D eigenvalue weighted by Crippen LogP contribution is 2.18. The molecule has 3 nitrogen and oxygen atoms in total. The molecule has 0 aliphatic heterocycles. The van der Waals surface area contributed by atoms with E-state index in [-0.39, 0.29) is 6.04 Å². The Labute approximate surface area is 115 Å². The summed E-state index contributed by atoms with van der Waals surface area (Å²) in [7, 11) is 0. The summed E-state index contributed by atoms with van der Waals surface area (Å²) in [5, 5.41) is 0. The fourth-order valence-corrected chi connectivity index (χ4v) is 2.05. The standard InChI is InChI=1S/C16H21N3/c1-3-19(12-14-7-5-4-6-8-14)16-11-15(13(2)17)9-10-18-16/h4-11,13H,3,12,17H2,1-2H3. The lowest BCUT2D eigenvalue weighted by atomic mass is 10.1. The third-order valence-corrected chi connectivity index (χ3v) is 3.22. The predicted molar refractivity (Wildman–Crippen MR) is 80.0 cm³/mol.